The molecular weight excluding hydrogens is 334 g/mol. The summed E-state index contributed by atoms with van der Waals surface area (Å²) in [4.78, 5) is 17.2. The molecule has 144 valence electrons. The predicted octanol–water partition coefficient (Wildman–Crippen LogP) is 4.03. The molecule has 27 heavy (non-hydrogen) atoms. The average molecular weight is 366 g/mol. The SMILES string of the molecule is CCc1ccccc1NCc1cccc(C(=O)N(C)C2CCN(C)CC2)c1. The van der Waals surface area contributed by atoms with Gasteiger partial charge in [-0.3, -0.25) is 4.79 Å². The van der Waals surface area contributed by atoms with E-state index in [-0.39, 0.29) is 5.91 Å². The number of rotatable bonds is 6. The van der Waals surface area contributed by atoms with E-state index in [2.05, 4.69) is 54.5 Å². The second kappa shape index (κ2) is 9.05. The molecule has 0 aliphatic carbocycles. The topological polar surface area (TPSA) is 35.6 Å². The Morgan fingerprint density at radius 2 is 1.89 bits per heavy atom. The number of anilines is 1. The van der Waals surface area contributed by atoms with E-state index in [0.29, 0.717) is 6.04 Å². The zero-order valence-corrected chi connectivity index (χ0v) is 16.7. The standard InChI is InChI=1S/C23H31N3O/c1-4-19-9-5-6-11-22(19)24-17-18-8-7-10-20(16-18)23(27)26(3)21-12-14-25(2)15-13-21/h5-11,16,21,24H,4,12-15,17H2,1-3H3. The second-order valence-electron chi connectivity index (χ2n) is 7.52. The summed E-state index contributed by atoms with van der Waals surface area (Å²) in [6, 6.07) is 16.7. The maximum absolute atomic E-state index is 12.9. The van der Waals surface area contributed by atoms with Crippen LogP contribution in [0.2, 0.25) is 0 Å². The summed E-state index contributed by atoms with van der Waals surface area (Å²) >= 11 is 0. The first-order valence-electron chi connectivity index (χ1n) is 9.95. The molecule has 1 aliphatic rings. The molecule has 1 saturated heterocycles. The summed E-state index contributed by atoms with van der Waals surface area (Å²) in [6.45, 7) is 5.00. The Kier molecular flexibility index (Phi) is 6.51. The molecule has 0 unspecified atom stereocenters. The molecule has 0 aromatic heterocycles. The Bertz CT molecular complexity index is 766. The summed E-state index contributed by atoms with van der Waals surface area (Å²) in [5, 5.41) is 3.51. The molecule has 1 fully saturated rings. The number of aryl methyl sites for hydroxylation is 1. The average Bonchev–Trinajstić information content (AvgIpc) is 2.72. The summed E-state index contributed by atoms with van der Waals surface area (Å²) in [7, 11) is 4.09. The zero-order chi connectivity index (χ0) is 19.2. The number of hydrogen-bond acceptors (Lipinski definition) is 3. The van der Waals surface area contributed by atoms with E-state index in [9.17, 15) is 4.79 Å². The van der Waals surface area contributed by atoms with Gasteiger partial charge in [0.15, 0.2) is 0 Å². The molecule has 4 heteroatoms. The summed E-state index contributed by atoms with van der Waals surface area (Å²) in [6.07, 6.45) is 3.10. The zero-order valence-electron chi connectivity index (χ0n) is 16.7. The van der Waals surface area contributed by atoms with Crippen LogP contribution < -0.4 is 5.32 Å². The van der Waals surface area contributed by atoms with Crippen LogP contribution in [-0.2, 0) is 13.0 Å². The third-order valence-electron chi connectivity index (χ3n) is 5.61. The first-order valence-corrected chi connectivity index (χ1v) is 9.95. The van der Waals surface area contributed by atoms with Gasteiger partial charge in [0.25, 0.3) is 5.91 Å². The molecule has 1 amide bonds. The van der Waals surface area contributed by atoms with Gasteiger partial charge in [0, 0.05) is 30.9 Å². The summed E-state index contributed by atoms with van der Waals surface area (Å²) in [5.74, 6) is 0.125. The van der Waals surface area contributed by atoms with E-state index in [4.69, 9.17) is 0 Å². The summed E-state index contributed by atoms with van der Waals surface area (Å²) in [5.41, 5.74) is 4.38. The van der Waals surface area contributed by atoms with E-state index in [1.807, 2.05) is 30.1 Å². The van der Waals surface area contributed by atoms with Crippen LogP contribution in [0.15, 0.2) is 48.5 Å². The highest BCUT2D eigenvalue weighted by Gasteiger charge is 2.24. The molecule has 0 atom stereocenters. The highest BCUT2D eigenvalue weighted by atomic mass is 16.2. The van der Waals surface area contributed by atoms with Crippen molar-refractivity contribution in [3.05, 3.63) is 65.2 Å². The lowest BCUT2D eigenvalue weighted by atomic mass is 10.0. The van der Waals surface area contributed by atoms with E-state index >= 15 is 0 Å². The quantitative estimate of drug-likeness (QED) is 0.840. The van der Waals surface area contributed by atoms with Gasteiger partial charge in [-0.05, 0) is 68.7 Å². The fourth-order valence-electron chi connectivity index (χ4n) is 3.76. The Morgan fingerprint density at radius 3 is 2.63 bits per heavy atom. The normalized spacial score (nSPS) is 15.5. The number of amides is 1. The number of carbonyl (C=O) groups excluding carboxylic acids is 1. The van der Waals surface area contributed by atoms with Crippen molar-refractivity contribution in [3.63, 3.8) is 0 Å². The second-order valence-corrected chi connectivity index (χ2v) is 7.52. The minimum atomic E-state index is 0.125. The van der Waals surface area contributed by atoms with Crippen molar-refractivity contribution in [2.24, 2.45) is 0 Å². The summed E-state index contributed by atoms with van der Waals surface area (Å²) < 4.78 is 0. The number of hydrogen-bond donors (Lipinski definition) is 1. The molecule has 2 aromatic carbocycles. The Balaban J connectivity index is 1.65. The van der Waals surface area contributed by atoms with Crippen LogP contribution in [0.5, 0.6) is 0 Å². The third-order valence-corrected chi connectivity index (χ3v) is 5.61. The molecule has 3 rings (SSSR count). The van der Waals surface area contributed by atoms with Crippen LogP contribution in [0, 0.1) is 0 Å². The van der Waals surface area contributed by atoms with Gasteiger partial charge in [-0.15, -0.1) is 0 Å². The van der Waals surface area contributed by atoms with E-state index in [1.165, 1.54) is 11.3 Å². The van der Waals surface area contributed by atoms with Gasteiger partial charge >= 0.3 is 0 Å². The fourth-order valence-corrected chi connectivity index (χ4v) is 3.76. The molecule has 2 aromatic rings. The smallest absolute Gasteiger partial charge is 0.253 e. The van der Waals surface area contributed by atoms with Gasteiger partial charge in [0.2, 0.25) is 0 Å². The van der Waals surface area contributed by atoms with Crippen LogP contribution in [0.4, 0.5) is 5.69 Å². The van der Waals surface area contributed by atoms with E-state index < -0.39 is 0 Å². The maximum Gasteiger partial charge on any atom is 0.253 e. The van der Waals surface area contributed by atoms with Crippen LogP contribution >= 0.6 is 0 Å². The van der Waals surface area contributed by atoms with Crippen molar-refractivity contribution >= 4 is 11.6 Å². The molecular formula is C23H31N3O. The highest BCUT2D eigenvalue weighted by Crippen LogP contribution is 2.19. The van der Waals surface area contributed by atoms with Gasteiger partial charge in [-0.2, -0.15) is 0 Å². The van der Waals surface area contributed by atoms with Crippen molar-refractivity contribution in [1.29, 1.82) is 0 Å². The van der Waals surface area contributed by atoms with Gasteiger partial charge in [0.05, 0.1) is 0 Å². The minimum absolute atomic E-state index is 0.125. The van der Waals surface area contributed by atoms with Gasteiger partial charge in [0.1, 0.15) is 0 Å². The number of benzene rings is 2. The Hall–Kier alpha value is -2.33. The molecule has 1 heterocycles. The van der Waals surface area contributed by atoms with Crippen LogP contribution in [-0.4, -0.2) is 48.9 Å². The monoisotopic (exact) mass is 365 g/mol. The lowest BCUT2D eigenvalue weighted by Crippen LogP contribution is -2.44. The van der Waals surface area contributed by atoms with Crippen molar-refractivity contribution in [2.75, 3.05) is 32.5 Å². The van der Waals surface area contributed by atoms with Crippen molar-refractivity contribution < 1.29 is 4.79 Å². The van der Waals surface area contributed by atoms with Crippen molar-refractivity contribution in [3.8, 4) is 0 Å². The number of nitrogens with zero attached hydrogens (tertiary/aromatic N) is 2. The number of nitrogens with one attached hydrogen (secondary N) is 1. The highest BCUT2D eigenvalue weighted by molar-refractivity contribution is 5.94. The van der Waals surface area contributed by atoms with Gasteiger partial charge in [-0.1, -0.05) is 37.3 Å². The van der Waals surface area contributed by atoms with Crippen LogP contribution in [0.25, 0.3) is 0 Å². The van der Waals surface area contributed by atoms with Crippen molar-refractivity contribution in [2.45, 2.75) is 38.8 Å². The molecule has 4 nitrogen and oxygen atoms in total. The predicted molar refractivity (Wildman–Crippen MR) is 112 cm³/mol. The molecule has 0 radical (unpaired) electrons. The number of carbonyl (C=O) groups is 1. The number of piperidine rings is 1. The van der Waals surface area contributed by atoms with Crippen LogP contribution in [0.1, 0.15) is 41.3 Å². The Labute approximate surface area is 163 Å². The lowest BCUT2D eigenvalue weighted by molar-refractivity contribution is 0.0659. The maximum atomic E-state index is 12.9. The lowest BCUT2D eigenvalue weighted by Gasteiger charge is -2.35. The molecule has 0 saturated carbocycles. The van der Waals surface area contributed by atoms with Crippen molar-refractivity contribution in [1.82, 2.24) is 9.80 Å². The number of para-hydroxylation sites is 1. The minimum Gasteiger partial charge on any atom is -0.381 e. The van der Waals surface area contributed by atoms with E-state index in [1.54, 1.807) is 0 Å². The fraction of sp³-hybridized carbons (Fsp3) is 0.435. The van der Waals surface area contributed by atoms with E-state index in [0.717, 1.165) is 50.0 Å². The Morgan fingerprint density at radius 1 is 1.15 bits per heavy atom. The first kappa shape index (κ1) is 19.4. The largest absolute Gasteiger partial charge is 0.381 e. The molecule has 0 bridgehead atoms. The van der Waals surface area contributed by atoms with Gasteiger partial charge in [-0.25, -0.2) is 0 Å². The third kappa shape index (κ3) is 4.89. The molecule has 0 spiro atoms. The number of likely N-dealkylation sites (tertiary alicyclic amines) is 1. The molecule has 1 aliphatic heterocycles. The first-order chi connectivity index (χ1) is 13.1. The van der Waals surface area contributed by atoms with Gasteiger partial charge < -0.3 is 15.1 Å². The van der Waals surface area contributed by atoms with Crippen LogP contribution in [0.3, 0.4) is 0 Å². The molecule has 1 N–H and O–H groups in total.